The molecule has 0 aliphatic heterocycles. The molecule has 2 N–H and O–H groups in total. The maximum absolute atomic E-state index is 13.0. The number of carbonyl (C=O) groups excluding carboxylic acids is 1. The van der Waals surface area contributed by atoms with Crippen LogP contribution in [0.25, 0.3) is 0 Å². The minimum absolute atomic E-state index is 0.119. The molecule has 3 rings (SSSR count). The highest BCUT2D eigenvalue weighted by molar-refractivity contribution is 9.11. The average molecular weight is 485 g/mol. The van der Waals surface area contributed by atoms with Crippen LogP contribution in [0.3, 0.4) is 0 Å². The quantitative estimate of drug-likeness (QED) is 0.577. The van der Waals surface area contributed by atoms with Crippen molar-refractivity contribution in [2.45, 2.75) is 61.2 Å². The van der Waals surface area contributed by atoms with Gasteiger partial charge in [0.2, 0.25) is 5.91 Å². The molecule has 2 aromatic rings. The molecule has 1 aliphatic carbocycles. The van der Waals surface area contributed by atoms with Crippen molar-refractivity contribution in [1.82, 2.24) is 10.0 Å². The van der Waals surface area contributed by atoms with E-state index in [0.717, 1.165) is 46.4 Å². The van der Waals surface area contributed by atoms with E-state index in [-0.39, 0.29) is 16.2 Å². The number of nitrogens with one attached hydrogen (secondary N) is 2. The smallest absolute Gasteiger partial charge is 0.250 e. The third-order valence-electron chi connectivity index (χ3n) is 4.91. The van der Waals surface area contributed by atoms with Gasteiger partial charge in [-0.25, -0.2) is 8.42 Å². The fraction of sp³-hybridized carbons (Fsp3) is 0.450. The first-order valence-corrected chi connectivity index (χ1v) is 12.7. The third-order valence-corrected chi connectivity index (χ3v) is 8.50. The van der Waals surface area contributed by atoms with Crippen LogP contribution in [0.5, 0.6) is 0 Å². The molecule has 152 valence electrons. The molecule has 1 heterocycles. The SMILES string of the molecule is O=C(NC1CCCCCC1)[C@H](Cc1ccccc1)NS(=O)(=O)c1ccc(Br)s1. The van der Waals surface area contributed by atoms with Crippen molar-refractivity contribution in [3.05, 3.63) is 51.8 Å². The van der Waals surface area contributed by atoms with Gasteiger partial charge in [0.15, 0.2) is 0 Å². The Labute approximate surface area is 179 Å². The first kappa shape index (κ1) is 21.5. The molecular weight excluding hydrogens is 460 g/mol. The first-order valence-electron chi connectivity index (χ1n) is 9.56. The highest BCUT2D eigenvalue weighted by Gasteiger charge is 2.28. The van der Waals surface area contributed by atoms with Crippen LogP contribution in [0.15, 0.2) is 50.5 Å². The Morgan fingerprint density at radius 2 is 1.75 bits per heavy atom. The number of halogens is 1. The van der Waals surface area contributed by atoms with Gasteiger partial charge in [0.05, 0.1) is 3.79 Å². The maximum Gasteiger partial charge on any atom is 0.250 e. The average Bonchev–Trinajstić information content (AvgIpc) is 2.96. The molecular formula is C20H25BrN2O3S2. The zero-order chi connectivity index (χ0) is 20.0. The fourth-order valence-electron chi connectivity index (χ4n) is 3.45. The first-order chi connectivity index (χ1) is 13.4. The summed E-state index contributed by atoms with van der Waals surface area (Å²) in [5, 5.41) is 3.09. The van der Waals surface area contributed by atoms with E-state index in [2.05, 4.69) is 26.0 Å². The van der Waals surface area contributed by atoms with Crippen LogP contribution in [0, 0.1) is 0 Å². The largest absolute Gasteiger partial charge is 0.352 e. The predicted octanol–water partition coefficient (Wildman–Crippen LogP) is 4.24. The molecule has 1 saturated carbocycles. The van der Waals surface area contributed by atoms with Gasteiger partial charge in [0.1, 0.15) is 10.3 Å². The fourth-order valence-corrected chi connectivity index (χ4v) is 6.67. The van der Waals surface area contributed by atoms with Crippen molar-refractivity contribution in [2.24, 2.45) is 0 Å². The van der Waals surface area contributed by atoms with Crippen molar-refractivity contribution < 1.29 is 13.2 Å². The minimum Gasteiger partial charge on any atom is -0.352 e. The zero-order valence-corrected chi connectivity index (χ0v) is 18.8. The van der Waals surface area contributed by atoms with Crippen molar-refractivity contribution in [2.75, 3.05) is 0 Å². The van der Waals surface area contributed by atoms with Gasteiger partial charge in [-0.05, 0) is 52.9 Å². The minimum atomic E-state index is -3.77. The van der Waals surface area contributed by atoms with E-state index in [1.807, 2.05) is 30.3 Å². The van der Waals surface area contributed by atoms with Gasteiger partial charge >= 0.3 is 0 Å². The molecule has 0 saturated heterocycles. The van der Waals surface area contributed by atoms with Crippen LogP contribution < -0.4 is 10.0 Å². The van der Waals surface area contributed by atoms with Gasteiger partial charge in [-0.3, -0.25) is 4.79 Å². The molecule has 1 aromatic carbocycles. The number of hydrogen-bond acceptors (Lipinski definition) is 4. The Balaban J connectivity index is 1.76. The second-order valence-corrected chi connectivity index (χ2v) is 11.5. The van der Waals surface area contributed by atoms with E-state index < -0.39 is 16.1 Å². The van der Waals surface area contributed by atoms with E-state index in [9.17, 15) is 13.2 Å². The third kappa shape index (κ3) is 6.14. The molecule has 1 aliphatic rings. The summed E-state index contributed by atoms with van der Waals surface area (Å²) in [5.41, 5.74) is 0.915. The summed E-state index contributed by atoms with van der Waals surface area (Å²) >= 11 is 4.42. The molecule has 8 heteroatoms. The van der Waals surface area contributed by atoms with Crippen LogP contribution in [-0.2, 0) is 21.2 Å². The van der Waals surface area contributed by atoms with E-state index in [1.165, 1.54) is 12.8 Å². The topological polar surface area (TPSA) is 75.3 Å². The summed E-state index contributed by atoms with van der Waals surface area (Å²) in [6.07, 6.45) is 6.81. The molecule has 0 spiro atoms. The highest BCUT2D eigenvalue weighted by atomic mass is 79.9. The number of benzene rings is 1. The van der Waals surface area contributed by atoms with Gasteiger partial charge < -0.3 is 5.32 Å². The van der Waals surface area contributed by atoms with Crippen molar-refractivity contribution >= 4 is 43.2 Å². The summed E-state index contributed by atoms with van der Waals surface area (Å²) in [6.45, 7) is 0. The van der Waals surface area contributed by atoms with E-state index in [0.29, 0.717) is 6.42 Å². The molecule has 1 atom stereocenters. The lowest BCUT2D eigenvalue weighted by Crippen LogP contribution is -2.50. The molecule has 0 radical (unpaired) electrons. The molecule has 28 heavy (non-hydrogen) atoms. The number of sulfonamides is 1. The summed E-state index contributed by atoms with van der Waals surface area (Å²) in [7, 11) is -3.77. The van der Waals surface area contributed by atoms with Crippen molar-refractivity contribution in [3.8, 4) is 0 Å². The normalized spacial score (nSPS) is 17.0. The van der Waals surface area contributed by atoms with Gasteiger partial charge in [-0.1, -0.05) is 56.0 Å². The van der Waals surface area contributed by atoms with Crippen LogP contribution in [0.1, 0.15) is 44.1 Å². The van der Waals surface area contributed by atoms with Gasteiger partial charge in [0.25, 0.3) is 10.0 Å². The van der Waals surface area contributed by atoms with E-state index in [4.69, 9.17) is 0 Å². The maximum atomic E-state index is 13.0. The number of thiophene rings is 1. The number of amides is 1. The van der Waals surface area contributed by atoms with Gasteiger partial charge in [-0.2, -0.15) is 4.72 Å². The lowest BCUT2D eigenvalue weighted by atomic mass is 10.0. The molecule has 5 nitrogen and oxygen atoms in total. The predicted molar refractivity (Wildman–Crippen MR) is 116 cm³/mol. The van der Waals surface area contributed by atoms with Gasteiger partial charge in [-0.15, -0.1) is 11.3 Å². The number of rotatable bonds is 7. The lowest BCUT2D eigenvalue weighted by Gasteiger charge is -2.22. The molecule has 1 aromatic heterocycles. The van der Waals surface area contributed by atoms with Crippen LogP contribution in [0.4, 0.5) is 0 Å². The van der Waals surface area contributed by atoms with Crippen LogP contribution in [-0.4, -0.2) is 26.4 Å². The molecule has 1 fully saturated rings. The Bertz CT molecular complexity index is 876. The Kier molecular flexibility index (Phi) is 7.68. The summed E-state index contributed by atoms with van der Waals surface area (Å²) < 4.78 is 29.1. The summed E-state index contributed by atoms with van der Waals surface area (Å²) in [6, 6.07) is 12.0. The van der Waals surface area contributed by atoms with Crippen LogP contribution in [0.2, 0.25) is 0 Å². The molecule has 0 unspecified atom stereocenters. The molecule has 1 amide bonds. The van der Waals surface area contributed by atoms with E-state index >= 15 is 0 Å². The van der Waals surface area contributed by atoms with Crippen LogP contribution >= 0.6 is 27.3 Å². The zero-order valence-electron chi connectivity index (χ0n) is 15.6. The Morgan fingerprint density at radius 3 is 2.36 bits per heavy atom. The second kappa shape index (κ2) is 10.0. The molecule has 0 bridgehead atoms. The standard InChI is InChI=1S/C20H25BrN2O3S2/c21-18-12-13-19(27-18)28(25,26)23-17(14-15-8-4-3-5-9-15)20(24)22-16-10-6-1-2-7-11-16/h3-5,8-9,12-13,16-17,23H,1-2,6-7,10-11,14H2,(H,22,24)/t17-/m0/s1. The van der Waals surface area contributed by atoms with Crippen molar-refractivity contribution in [1.29, 1.82) is 0 Å². The monoisotopic (exact) mass is 484 g/mol. The Morgan fingerprint density at radius 1 is 1.07 bits per heavy atom. The summed E-state index contributed by atoms with van der Waals surface area (Å²) in [5.74, 6) is -0.255. The number of hydrogen-bond donors (Lipinski definition) is 2. The summed E-state index contributed by atoms with van der Waals surface area (Å²) in [4.78, 5) is 13.0. The Hall–Kier alpha value is -1.22. The highest BCUT2D eigenvalue weighted by Crippen LogP contribution is 2.26. The lowest BCUT2D eigenvalue weighted by molar-refractivity contribution is -0.123. The van der Waals surface area contributed by atoms with Gasteiger partial charge in [0, 0.05) is 6.04 Å². The van der Waals surface area contributed by atoms with E-state index in [1.54, 1.807) is 12.1 Å². The second-order valence-electron chi connectivity index (χ2n) is 7.12. The van der Waals surface area contributed by atoms with Crippen molar-refractivity contribution in [3.63, 3.8) is 0 Å². The number of carbonyl (C=O) groups is 1.